The van der Waals surface area contributed by atoms with Crippen molar-refractivity contribution in [3.63, 3.8) is 0 Å². The monoisotopic (exact) mass is 480 g/mol. The molecule has 0 unspecified atom stereocenters. The first kappa shape index (κ1) is 23.9. The molecule has 3 N–H and O–H groups in total. The highest BCUT2D eigenvalue weighted by molar-refractivity contribution is 6.03. The maximum absolute atomic E-state index is 13.7. The van der Waals surface area contributed by atoms with Gasteiger partial charge in [0.2, 0.25) is 5.91 Å². The number of nitrogens with zero attached hydrogens (tertiary/aromatic N) is 1. The lowest BCUT2D eigenvalue weighted by Crippen LogP contribution is -3.15. The zero-order chi connectivity index (χ0) is 24.0. The number of anilines is 3. The van der Waals surface area contributed by atoms with Gasteiger partial charge in [-0.05, 0) is 42.2 Å². The first-order valence-corrected chi connectivity index (χ1v) is 12.8. The minimum atomic E-state index is 0.00796. The van der Waals surface area contributed by atoms with Gasteiger partial charge >= 0.3 is 0 Å². The van der Waals surface area contributed by atoms with Gasteiger partial charge in [-0.1, -0.05) is 24.3 Å². The summed E-state index contributed by atoms with van der Waals surface area (Å²) in [6.07, 6.45) is 2.21. The fourth-order valence-corrected chi connectivity index (χ4v) is 5.22. The molecule has 0 atom stereocenters. The van der Waals surface area contributed by atoms with Gasteiger partial charge in [-0.25, -0.2) is 0 Å². The van der Waals surface area contributed by atoms with E-state index >= 15 is 0 Å². The summed E-state index contributed by atoms with van der Waals surface area (Å²) in [7, 11) is 0. The van der Waals surface area contributed by atoms with Gasteiger partial charge in [0.1, 0.15) is 26.2 Å². The number of fused-ring (bicyclic) bond motifs is 2. The predicted octanol–water partition coefficient (Wildman–Crippen LogP) is -0.391. The quantitative estimate of drug-likeness (QED) is 0.527. The number of carbonyl (C=O) groups is 2. The Morgan fingerprint density at radius 3 is 2.23 bits per heavy atom. The van der Waals surface area contributed by atoms with E-state index in [4.69, 9.17) is 9.47 Å². The van der Waals surface area contributed by atoms with Gasteiger partial charge in [0.15, 0.2) is 6.54 Å². The van der Waals surface area contributed by atoms with Crippen molar-refractivity contribution in [1.82, 2.24) is 0 Å². The van der Waals surface area contributed by atoms with E-state index in [1.54, 1.807) is 0 Å². The highest BCUT2D eigenvalue weighted by Gasteiger charge is 2.29. The number of nitrogens with one attached hydrogen (secondary N) is 3. The molecular weight excluding hydrogens is 444 g/mol. The van der Waals surface area contributed by atoms with Crippen LogP contribution in [0.25, 0.3) is 0 Å². The summed E-state index contributed by atoms with van der Waals surface area (Å²) in [6, 6.07) is 14.2. The third kappa shape index (κ3) is 5.90. The summed E-state index contributed by atoms with van der Waals surface area (Å²) >= 11 is 0. The number of quaternary nitrogens is 2. The van der Waals surface area contributed by atoms with Crippen LogP contribution in [0, 0.1) is 0 Å². The van der Waals surface area contributed by atoms with Gasteiger partial charge in [0, 0.05) is 5.69 Å². The molecule has 0 spiro atoms. The normalized spacial score (nSPS) is 18.9. The van der Waals surface area contributed by atoms with Gasteiger partial charge in [-0.2, -0.15) is 0 Å². The zero-order valence-corrected chi connectivity index (χ0v) is 20.3. The summed E-state index contributed by atoms with van der Waals surface area (Å²) in [5.41, 5.74) is 4.87. The average molecular weight is 481 g/mol. The van der Waals surface area contributed by atoms with Crippen molar-refractivity contribution in [3.8, 4) is 0 Å². The van der Waals surface area contributed by atoms with Crippen LogP contribution < -0.4 is 20.0 Å². The van der Waals surface area contributed by atoms with Gasteiger partial charge in [0.25, 0.3) is 5.91 Å². The van der Waals surface area contributed by atoms with Crippen molar-refractivity contribution < 1.29 is 28.9 Å². The maximum atomic E-state index is 13.7. The Morgan fingerprint density at radius 2 is 1.49 bits per heavy atom. The average Bonchev–Trinajstić information content (AvgIpc) is 3.05. The minimum Gasteiger partial charge on any atom is -0.370 e. The number of rotatable bonds is 6. The molecule has 2 fully saturated rings. The molecule has 0 bridgehead atoms. The first-order chi connectivity index (χ1) is 17.2. The van der Waals surface area contributed by atoms with Crippen LogP contribution in [0.3, 0.4) is 0 Å². The molecule has 5 rings (SSSR count). The van der Waals surface area contributed by atoms with Crippen molar-refractivity contribution in [2.45, 2.75) is 19.3 Å². The van der Waals surface area contributed by atoms with E-state index < -0.39 is 0 Å². The fraction of sp³-hybridized carbons (Fsp3) is 0.481. The summed E-state index contributed by atoms with van der Waals surface area (Å²) < 4.78 is 10.9. The second kappa shape index (κ2) is 11.3. The smallest absolute Gasteiger partial charge is 0.286 e. The Bertz CT molecular complexity index is 1050. The topological polar surface area (TPSA) is 76.8 Å². The number of hydrogen-bond donors (Lipinski definition) is 3. The summed E-state index contributed by atoms with van der Waals surface area (Å²) in [4.78, 5) is 31.0. The molecule has 2 aromatic rings. The predicted molar refractivity (Wildman–Crippen MR) is 133 cm³/mol. The van der Waals surface area contributed by atoms with Crippen LogP contribution in [-0.2, 0) is 31.9 Å². The molecule has 2 aromatic carbocycles. The van der Waals surface area contributed by atoms with Crippen LogP contribution >= 0.6 is 0 Å². The van der Waals surface area contributed by atoms with E-state index in [1.807, 2.05) is 35.2 Å². The molecule has 0 saturated carbocycles. The van der Waals surface area contributed by atoms with E-state index in [0.717, 1.165) is 81.4 Å². The molecule has 3 heterocycles. The van der Waals surface area contributed by atoms with Crippen molar-refractivity contribution in [3.05, 3.63) is 53.6 Å². The lowest BCUT2D eigenvalue weighted by Gasteiger charge is -2.29. The number of benzene rings is 2. The minimum absolute atomic E-state index is 0.00796. The summed E-state index contributed by atoms with van der Waals surface area (Å²) in [5.74, 6) is 0.0884. The maximum Gasteiger partial charge on any atom is 0.286 e. The number of aryl methyl sites for hydroxylation is 2. The standard InChI is InChI=1S/C27H34N4O4/c32-26(9-10-29-11-15-34-16-12-29)28-23-8-7-22-6-5-21-3-1-2-4-24(21)31(25(22)19-23)27(33)20-30-13-17-35-18-14-30/h1-4,7-8,19H,5-6,9-18,20H2,(H,28,32)/p+2. The Morgan fingerprint density at radius 1 is 0.829 bits per heavy atom. The van der Waals surface area contributed by atoms with Crippen molar-refractivity contribution in [2.75, 3.05) is 75.9 Å². The zero-order valence-electron chi connectivity index (χ0n) is 20.3. The highest BCUT2D eigenvalue weighted by Crippen LogP contribution is 2.37. The van der Waals surface area contributed by atoms with Gasteiger partial charge in [0.05, 0.1) is 50.8 Å². The fourth-order valence-electron chi connectivity index (χ4n) is 5.22. The molecule has 0 aromatic heterocycles. The Balaban J connectivity index is 1.36. The van der Waals surface area contributed by atoms with Crippen LogP contribution in [-0.4, -0.2) is 77.5 Å². The lowest BCUT2D eigenvalue weighted by atomic mass is 10.0. The molecule has 2 saturated heterocycles. The number of carbonyl (C=O) groups excluding carboxylic acids is 2. The molecule has 3 aliphatic heterocycles. The Hall–Kier alpha value is -2.78. The molecule has 8 nitrogen and oxygen atoms in total. The summed E-state index contributed by atoms with van der Waals surface area (Å²) in [5, 5.41) is 3.07. The lowest BCUT2D eigenvalue weighted by molar-refractivity contribution is -0.907. The molecule has 186 valence electrons. The van der Waals surface area contributed by atoms with E-state index in [9.17, 15) is 9.59 Å². The SMILES string of the molecule is O=C(CC[NH+]1CCOCC1)Nc1ccc2c(c1)N(C(=O)C[NH+]1CCOCC1)c1ccccc1CC2. The molecular formula is C27H36N4O4+2. The summed E-state index contributed by atoms with van der Waals surface area (Å²) in [6.45, 7) is 7.73. The third-order valence-electron chi connectivity index (χ3n) is 7.26. The molecule has 35 heavy (non-hydrogen) atoms. The van der Waals surface area contributed by atoms with Crippen molar-refractivity contribution >= 4 is 28.9 Å². The van der Waals surface area contributed by atoms with Crippen molar-refractivity contribution in [1.29, 1.82) is 0 Å². The number of hydrogen-bond acceptors (Lipinski definition) is 4. The van der Waals surface area contributed by atoms with Crippen LogP contribution in [0.1, 0.15) is 17.5 Å². The van der Waals surface area contributed by atoms with Gasteiger partial charge in [-0.3, -0.25) is 14.5 Å². The second-order valence-corrected chi connectivity index (χ2v) is 9.65. The second-order valence-electron chi connectivity index (χ2n) is 9.65. The van der Waals surface area contributed by atoms with Crippen molar-refractivity contribution in [2.24, 2.45) is 0 Å². The number of morpholine rings is 2. The van der Waals surface area contributed by atoms with Gasteiger partial charge in [-0.15, -0.1) is 0 Å². The number of amides is 2. The number of ether oxygens (including phenoxy) is 2. The van der Waals surface area contributed by atoms with E-state index in [2.05, 4.69) is 17.4 Å². The largest absolute Gasteiger partial charge is 0.370 e. The molecule has 8 heteroatoms. The van der Waals surface area contributed by atoms with Gasteiger partial charge < -0.3 is 24.6 Å². The van der Waals surface area contributed by atoms with E-state index in [-0.39, 0.29) is 11.8 Å². The van der Waals surface area contributed by atoms with Crippen LogP contribution in [0.2, 0.25) is 0 Å². The number of para-hydroxylation sites is 1. The Kier molecular flexibility index (Phi) is 7.73. The van der Waals surface area contributed by atoms with E-state index in [1.165, 1.54) is 15.4 Å². The molecule has 2 amide bonds. The van der Waals surface area contributed by atoms with Crippen LogP contribution in [0.5, 0.6) is 0 Å². The van der Waals surface area contributed by atoms with E-state index in [0.29, 0.717) is 26.2 Å². The highest BCUT2D eigenvalue weighted by atomic mass is 16.5. The first-order valence-electron chi connectivity index (χ1n) is 12.8. The Labute approximate surface area is 206 Å². The van der Waals surface area contributed by atoms with Crippen LogP contribution in [0.4, 0.5) is 17.1 Å². The molecule has 0 aliphatic carbocycles. The van der Waals surface area contributed by atoms with Crippen LogP contribution in [0.15, 0.2) is 42.5 Å². The molecule has 0 radical (unpaired) electrons. The third-order valence-corrected chi connectivity index (χ3v) is 7.26. The molecule has 3 aliphatic rings.